The molecule has 92 valence electrons. The van der Waals surface area contributed by atoms with Gasteiger partial charge in [0.1, 0.15) is 0 Å². The zero-order valence-corrected chi connectivity index (χ0v) is 9.77. The molecule has 1 aromatic carbocycles. The lowest BCUT2D eigenvalue weighted by atomic mass is 10.1. The zero-order chi connectivity index (χ0) is 13.0. The van der Waals surface area contributed by atoms with Crippen LogP contribution in [0.15, 0.2) is 18.2 Å². The number of hydrogen-bond acceptors (Lipinski definition) is 4. The Morgan fingerprint density at radius 2 is 2.12 bits per heavy atom. The van der Waals surface area contributed by atoms with Gasteiger partial charge in [0, 0.05) is 5.69 Å². The van der Waals surface area contributed by atoms with Gasteiger partial charge in [-0.3, -0.25) is 0 Å². The van der Waals surface area contributed by atoms with E-state index in [0.29, 0.717) is 6.42 Å². The second kappa shape index (κ2) is 5.34. The highest BCUT2D eigenvalue weighted by atomic mass is 16.5. The first-order valence-corrected chi connectivity index (χ1v) is 5.30. The fourth-order valence-electron chi connectivity index (χ4n) is 1.31. The van der Waals surface area contributed by atoms with E-state index in [-0.39, 0.29) is 22.9 Å². The highest BCUT2D eigenvalue weighted by Crippen LogP contribution is 2.18. The standard InChI is InChI=1S/C12H15NO4/c1-3-7(2)17-12(16)8-5-4-6-9(13)10(8)11(14)15/h4-7H,3,13H2,1-2H3,(H,14,15). The van der Waals surface area contributed by atoms with Crippen LogP contribution in [0.4, 0.5) is 5.69 Å². The van der Waals surface area contributed by atoms with E-state index in [1.165, 1.54) is 18.2 Å². The molecule has 0 aliphatic heterocycles. The Morgan fingerprint density at radius 3 is 2.65 bits per heavy atom. The first kappa shape index (κ1) is 13.0. The van der Waals surface area contributed by atoms with E-state index in [4.69, 9.17) is 15.6 Å². The lowest BCUT2D eigenvalue weighted by molar-refractivity contribution is 0.0328. The molecule has 0 heterocycles. The van der Waals surface area contributed by atoms with Crippen LogP contribution in [0.3, 0.4) is 0 Å². The zero-order valence-electron chi connectivity index (χ0n) is 9.77. The van der Waals surface area contributed by atoms with Crippen LogP contribution in [0.25, 0.3) is 0 Å². The number of esters is 1. The summed E-state index contributed by atoms with van der Waals surface area (Å²) in [7, 11) is 0. The molecule has 5 nitrogen and oxygen atoms in total. The van der Waals surface area contributed by atoms with Gasteiger partial charge in [-0.2, -0.15) is 0 Å². The summed E-state index contributed by atoms with van der Waals surface area (Å²) in [5, 5.41) is 9.00. The van der Waals surface area contributed by atoms with Crippen molar-refractivity contribution in [1.29, 1.82) is 0 Å². The van der Waals surface area contributed by atoms with E-state index < -0.39 is 11.9 Å². The number of carboxylic acid groups (broad SMARTS) is 1. The molecule has 17 heavy (non-hydrogen) atoms. The van der Waals surface area contributed by atoms with E-state index in [1.54, 1.807) is 6.92 Å². The van der Waals surface area contributed by atoms with Gasteiger partial charge in [0.05, 0.1) is 17.2 Å². The van der Waals surface area contributed by atoms with Crippen molar-refractivity contribution in [3.8, 4) is 0 Å². The normalized spacial score (nSPS) is 11.9. The quantitative estimate of drug-likeness (QED) is 0.616. The lowest BCUT2D eigenvalue weighted by Gasteiger charge is -2.12. The maximum Gasteiger partial charge on any atom is 0.339 e. The van der Waals surface area contributed by atoms with Gasteiger partial charge in [0.15, 0.2) is 0 Å². The van der Waals surface area contributed by atoms with Crippen molar-refractivity contribution in [2.24, 2.45) is 0 Å². The van der Waals surface area contributed by atoms with E-state index in [1.807, 2.05) is 6.92 Å². The molecule has 0 radical (unpaired) electrons. The monoisotopic (exact) mass is 237 g/mol. The van der Waals surface area contributed by atoms with E-state index >= 15 is 0 Å². The number of carbonyl (C=O) groups excluding carboxylic acids is 1. The predicted molar refractivity (Wildman–Crippen MR) is 63.0 cm³/mol. The van der Waals surface area contributed by atoms with Gasteiger partial charge in [0.2, 0.25) is 0 Å². The van der Waals surface area contributed by atoms with Gasteiger partial charge in [-0.15, -0.1) is 0 Å². The topological polar surface area (TPSA) is 89.6 Å². The molecule has 1 unspecified atom stereocenters. The van der Waals surface area contributed by atoms with E-state index in [2.05, 4.69) is 0 Å². The number of carboxylic acids is 1. The Morgan fingerprint density at radius 1 is 1.47 bits per heavy atom. The third-order valence-electron chi connectivity index (χ3n) is 2.41. The third-order valence-corrected chi connectivity index (χ3v) is 2.41. The largest absolute Gasteiger partial charge is 0.478 e. The fraction of sp³-hybridized carbons (Fsp3) is 0.333. The number of aromatic carboxylic acids is 1. The van der Waals surface area contributed by atoms with Crippen LogP contribution in [-0.2, 0) is 4.74 Å². The smallest absolute Gasteiger partial charge is 0.339 e. The van der Waals surface area contributed by atoms with Crippen LogP contribution in [0.5, 0.6) is 0 Å². The van der Waals surface area contributed by atoms with Crippen LogP contribution in [0.2, 0.25) is 0 Å². The van der Waals surface area contributed by atoms with Crippen LogP contribution in [0.1, 0.15) is 41.0 Å². The molecule has 0 bridgehead atoms. The number of rotatable bonds is 4. The van der Waals surface area contributed by atoms with Gasteiger partial charge < -0.3 is 15.6 Å². The highest BCUT2D eigenvalue weighted by Gasteiger charge is 2.21. The summed E-state index contributed by atoms with van der Waals surface area (Å²) in [6.45, 7) is 3.61. The van der Waals surface area contributed by atoms with E-state index in [0.717, 1.165) is 0 Å². The molecule has 5 heteroatoms. The van der Waals surface area contributed by atoms with Crippen LogP contribution in [-0.4, -0.2) is 23.1 Å². The summed E-state index contributed by atoms with van der Waals surface area (Å²) in [6, 6.07) is 4.35. The second-order valence-electron chi connectivity index (χ2n) is 3.70. The molecule has 0 aromatic heterocycles. The minimum absolute atomic E-state index is 0.0159. The Balaban J connectivity index is 3.09. The van der Waals surface area contributed by atoms with Gasteiger partial charge in [0.25, 0.3) is 0 Å². The van der Waals surface area contributed by atoms with Crippen LogP contribution < -0.4 is 5.73 Å². The summed E-state index contributed by atoms with van der Waals surface area (Å²) in [5.74, 6) is -1.90. The molecular weight excluding hydrogens is 222 g/mol. The molecule has 0 fully saturated rings. The van der Waals surface area contributed by atoms with Gasteiger partial charge in [-0.05, 0) is 25.5 Å². The Hall–Kier alpha value is -2.04. The molecule has 0 spiro atoms. The van der Waals surface area contributed by atoms with E-state index in [9.17, 15) is 9.59 Å². The van der Waals surface area contributed by atoms with Crippen LogP contribution >= 0.6 is 0 Å². The Kier molecular flexibility index (Phi) is 4.09. The summed E-state index contributed by atoms with van der Waals surface area (Å²) in [5.41, 5.74) is 5.36. The molecular formula is C12H15NO4. The molecule has 0 aliphatic rings. The molecule has 0 saturated carbocycles. The average molecular weight is 237 g/mol. The summed E-state index contributed by atoms with van der Waals surface area (Å²) in [4.78, 5) is 22.8. The summed E-state index contributed by atoms with van der Waals surface area (Å²) < 4.78 is 5.07. The average Bonchev–Trinajstić information content (AvgIpc) is 2.27. The van der Waals surface area contributed by atoms with Gasteiger partial charge in [-0.1, -0.05) is 13.0 Å². The number of benzene rings is 1. The maximum absolute atomic E-state index is 11.8. The summed E-state index contributed by atoms with van der Waals surface area (Å²) in [6.07, 6.45) is 0.404. The Bertz CT molecular complexity index is 442. The van der Waals surface area contributed by atoms with Crippen molar-refractivity contribution in [1.82, 2.24) is 0 Å². The first-order chi connectivity index (χ1) is 7.97. The number of hydrogen-bond donors (Lipinski definition) is 2. The number of nitrogen functional groups attached to an aromatic ring is 1. The molecule has 1 rings (SSSR count). The number of nitrogens with two attached hydrogens (primary N) is 1. The molecule has 0 amide bonds. The number of anilines is 1. The lowest BCUT2D eigenvalue weighted by Crippen LogP contribution is -2.18. The Labute approximate surface area is 99.2 Å². The third kappa shape index (κ3) is 2.96. The maximum atomic E-state index is 11.8. The molecule has 0 aliphatic carbocycles. The molecule has 1 aromatic rings. The minimum atomic E-state index is -1.24. The van der Waals surface area contributed by atoms with Crippen molar-refractivity contribution in [3.05, 3.63) is 29.3 Å². The van der Waals surface area contributed by atoms with Crippen molar-refractivity contribution < 1.29 is 19.4 Å². The first-order valence-electron chi connectivity index (χ1n) is 5.30. The minimum Gasteiger partial charge on any atom is -0.478 e. The molecule has 3 N–H and O–H groups in total. The van der Waals surface area contributed by atoms with Gasteiger partial charge in [-0.25, -0.2) is 9.59 Å². The van der Waals surface area contributed by atoms with Crippen molar-refractivity contribution >= 4 is 17.6 Å². The van der Waals surface area contributed by atoms with Crippen molar-refractivity contribution in [2.75, 3.05) is 5.73 Å². The molecule has 0 saturated heterocycles. The van der Waals surface area contributed by atoms with Crippen molar-refractivity contribution in [3.63, 3.8) is 0 Å². The second-order valence-corrected chi connectivity index (χ2v) is 3.70. The van der Waals surface area contributed by atoms with Gasteiger partial charge >= 0.3 is 11.9 Å². The van der Waals surface area contributed by atoms with Crippen molar-refractivity contribution in [2.45, 2.75) is 26.4 Å². The predicted octanol–water partition coefficient (Wildman–Crippen LogP) is 1.92. The number of ether oxygens (including phenoxy) is 1. The summed E-state index contributed by atoms with van der Waals surface area (Å²) >= 11 is 0. The SMILES string of the molecule is CCC(C)OC(=O)c1cccc(N)c1C(=O)O. The highest BCUT2D eigenvalue weighted by molar-refractivity contribution is 6.06. The fourth-order valence-corrected chi connectivity index (χ4v) is 1.31. The molecule has 1 atom stereocenters. The number of carbonyl (C=O) groups is 2. The van der Waals surface area contributed by atoms with Crippen LogP contribution in [0, 0.1) is 0 Å².